The van der Waals surface area contributed by atoms with E-state index in [9.17, 15) is 4.79 Å². The van der Waals surface area contributed by atoms with Crippen LogP contribution in [0.1, 0.15) is 28.8 Å². The molecule has 0 bridgehead atoms. The van der Waals surface area contributed by atoms with Gasteiger partial charge in [-0.15, -0.1) is 0 Å². The van der Waals surface area contributed by atoms with Crippen LogP contribution < -0.4 is 4.90 Å². The fraction of sp³-hybridized carbons (Fsp3) is 0.207. The van der Waals surface area contributed by atoms with Crippen molar-refractivity contribution in [3.63, 3.8) is 0 Å². The summed E-state index contributed by atoms with van der Waals surface area (Å²) in [7, 11) is 0. The molecule has 180 valence electrons. The number of thiazole rings is 1. The average molecular weight is 495 g/mol. The SMILES string of the molecule is Cc1cccc(-c2nn(-c3ccccc3)cc2C(=O)N(C[C@@H]2CCCO2)c2nc3ccccc3s2)c1. The number of nitrogens with zero attached hydrogens (tertiary/aromatic N) is 4. The van der Waals surface area contributed by atoms with Crippen molar-refractivity contribution in [2.75, 3.05) is 18.1 Å². The lowest BCUT2D eigenvalue weighted by atomic mass is 10.0. The number of amides is 1. The van der Waals surface area contributed by atoms with E-state index in [1.54, 1.807) is 9.58 Å². The Morgan fingerprint density at radius 2 is 1.92 bits per heavy atom. The molecule has 6 nitrogen and oxygen atoms in total. The quantitative estimate of drug-likeness (QED) is 0.279. The van der Waals surface area contributed by atoms with E-state index in [0.29, 0.717) is 22.9 Å². The smallest absolute Gasteiger partial charge is 0.264 e. The molecule has 7 heteroatoms. The van der Waals surface area contributed by atoms with Crippen molar-refractivity contribution in [3.8, 4) is 16.9 Å². The lowest BCUT2D eigenvalue weighted by molar-refractivity contribution is 0.0918. The van der Waals surface area contributed by atoms with E-state index in [0.717, 1.165) is 46.5 Å². The predicted molar refractivity (Wildman–Crippen MR) is 144 cm³/mol. The Bertz CT molecular complexity index is 1490. The molecular weight excluding hydrogens is 468 g/mol. The first-order chi connectivity index (χ1) is 17.7. The molecule has 0 saturated carbocycles. The van der Waals surface area contributed by atoms with Gasteiger partial charge in [0.2, 0.25) is 0 Å². The van der Waals surface area contributed by atoms with Crippen LogP contribution in [0.4, 0.5) is 5.13 Å². The molecule has 3 aromatic carbocycles. The minimum absolute atomic E-state index is 0.00690. The van der Waals surface area contributed by atoms with Gasteiger partial charge in [-0.05, 0) is 50.1 Å². The average Bonchev–Trinajstić information content (AvgIpc) is 3.67. The maximum atomic E-state index is 14.3. The van der Waals surface area contributed by atoms with E-state index in [2.05, 4.69) is 6.07 Å². The summed E-state index contributed by atoms with van der Waals surface area (Å²) in [5.41, 5.74) is 5.02. The van der Waals surface area contributed by atoms with E-state index in [1.807, 2.05) is 85.9 Å². The number of ether oxygens (including phenoxy) is 1. The number of rotatable bonds is 6. The van der Waals surface area contributed by atoms with Gasteiger partial charge in [-0.25, -0.2) is 9.67 Å². The van der Waals surface area contributed by atoms with Crippen LogP contribution >= 0.6 is 11.3 Å². The van der Waals surface area contributed by atoms with E-state index in [-0.39, 0.29) is 12.0 Å². The third kappa shape index (κ3) is 4.43. The van der Waals surface area contributed by atoms with Crippen molar-refractivity contribution in [1.82, 2.24) is 14.8 Å². The largest absolute Gasteiger partial charge is 0.376 e. The lowest BCUT2D eigenvalue weighted by Crippen LogP contribution is -2.37. The number of aromatic nitrogens is 3. The molecule has 1 fully saturated rings. The third-order valence-corrected chi connectivity index (χ3v) is 7.49. The zero-order valence-electron chi connectivity index (χ0n) is 20.0. The van der Waals surface area contributed by atoms with Gasteiger partial charge in [-0.2, -0.15) is 5.10 Å². The second-order valence-corrected chi connectivity index (χ2v) is 10.1. The molecule has 6 rings (SSSR count). The Morgan fingerprint density at radius 3 is 2.69 bits per heavy atom. The van der Waals surface area contributed by atoms with E-state index < -0.39 is 0 Å². The molecule has 36 heavy (non-hydrogen) atoms. The lowest BCUT2D eigenvalue weighted by Gasteiger charge is -2.23. The molecule has 0 N–H and O–H groups in total. The molecule has 1 aliphatic rings. The highest BCUT2D eigenvalue weighted by Crippen LogP contribution is 2.33. The van der Waals surface area contributed by atoms with Gasteiger partial charge in [-0.3, -0.25) is 9.69 Å². The van der Waals surface area contributed by atoms with E-state index in [4.69, 9.17) is 14.8 Å². The maximum Gasteiger partial charge on any atom is 0.264 e. The van der Waals surface area contributed by atoms with Crippen LogP contribution in [-0.2, 0) is 4.74 Å². The molecule has 3 heterocycles. The zero-order valence-corrected chi connectivity index (χ0v) is 20.8. The predicted octanol–water partition coefficient (Wildman–Crippen LogP) is 6.28. The van der Waals surface area contributed by atoms with Gasteiger partial charge in [0.25, 0.3) is 5.91 Å². The fourth-order valence-corrected chi connectivity index (χ4v) is 5.58. The van der Waals surface area contributed by atoms with Gasteiger partial charge in [0.05, 0.1) is 34.1 Å². The molecular formula is C29H26N4O2S. The Kier molecular flexibility index (Phi) is 6.09. The van der Waals surface area contributed by atoms with Crippen LogP contribution in [0.5, 0.6) is 0 Å². The molecule has 0 radical (unpaired) electrons. The molecule has 5 aromatic rings. The van der Waals surface area contributed by atoms with Crippen molar-refractivity contribution < 1.29 is 9.53 Å². The third-order valence-electron chi connectivity index (χ3n) is 6.43. The van der Waals surface area contributed by atoms with Crippen LogP contribution in [0.15, 0.2) is 85.1 Å². The second-order valence-electron chi connectivity index (χ2n) is 9.06. The Hall–Kier alpha value is -3.81. The van der Waals surface area contributed by atoms with Crippen molar-refractivity contribution in [3.05, 3.63) is 96.2 Å². The van der Waals surface area contributed by atoms with Gasteiger partial charge >= 0.3 is 0 Å². The van der Waals surface area contributed by atoms with Gasteiger partial charge in [0.1, 0.15) is 5.69 Å². The topological polar surface area (TPSA) is 60.2 Å². The number of anilines is 1. The van der Waals surface area contributed by atoms with Gasteiger partial charge < -0.3 is 4.74 Å². The Morgan fingerprint density at radius 1 is 1.08 bits per heavy atom. The number of hydrogen-bond donors (Lipinski definition) is 0. The van der Waals surface area contributed by atoms with Crippen LogP contribution in [0.3, 0.4) is 0 Å². The summed E-state index contributed by atoms with van der Waals surface area (Å²) in [6.07, 6.45) is 3.77. The van der Waals surface area contributed by atoms with Crippen molar-refractivity contribution in [1.29, 1.82) is 0 Å². The number of carbonyl (C=O) groups is 1. The highest BCUT2D eigenvalue weighted by molar-refractivity contribution is 7.22. The molecule has 1 aliphatic heterocycles. The Labute approximate surface area is 213 Å². The number of hydrogen-bond acceptors (Lipinski definition) is 5. The summed E-state index contributed by atoms with van der Waals surface area (Å²) in [5.74, 6) is -0.122. The highest BCUT2D eigenvalue weighted by atomic mass is 32.1. The van der Waals surface area contributed by atoms with Gasteiger partial charge in [0, 0.05) is 18.4 Å². The number of para-hydroxylation sites is 2. The van der Waals surface area contributed by atoms with Crippen molar-refractivity contribution >= 4 is 32.6 Å². The van der Waals surface area contributed by atoms with Crippen molar-refractivity contribution in [2.24, 2.45) is 0 Å². The first-order valence-electron chi connectivity index (χ1n) is 12.2. The summed E-state index contributed by atoms with van der Waals surface area (Å²) < 4.78 is 8.77. The van der Waals surface area contributed by atoms with Gasteiger partial charge in [-0.1, -0.05) is 65.4 Å². The summed E-state index contributed by atoms with van der Waals surface area (Å²) in [6, 6.07) is 26.0. The standard InChI is InChI=1S/C29H26N4O2S/c1-20-9-7-10-21(17-20)27-24(19-33(31-27)22-11-3-2-4-12-22)28(34)32(18-23-13-8-16-35-23)29-30-25-14-5-6-15-26(25)36-29/h2-7,9-12,14-15,17,19,23H,8,13,16,18H2,1H3/t23-/m0/s1. The van der Waals surface area contributed by atoms with Crippen LogP contribution in [0, 0.1) is 6.92 Å². The zero-order chi connectivity index (χ0) is 24.5. The number of carbonyl (C=O) groups excluding carboxylic acids is 1. The van der Waals surface area contributed by atoms with Crippen LogP contribution in [0.25, 0.3) is 27.2 Å². The normalized spacial score (nSPS) is 15.4. The highest BCUT2D eigenvalue weighted by Gasteiger charge is 2.30. The molecule has 2 aromatic heterocycles. The minimum atomic E-state index is -0.122. The monoisotopic (exact) mass is 494 g/mol. The van der Waals surface area contributed by atoms with Crippen molar-refractivity contribution in [2.45, 2.75) is 25.9 Å². The van der Waals surface area contributed by atoms with E-state index >= 15 is 0 Å². The fourth-order valence-electron chi connectivity index (χ4n) is 4.61. The number of fused-ring (bicyclic) bond motifs is 1. The first kappa shape index (κ1) is 22.6. The minimum Gasteiger partial charge on any atom is -0.376 e. The van der Waals surface area contributed by atoms with Crippen LogP contribution in [0.2, 0.25) is 0 Å². The maximum absolute atomic E-state index is 14.3. The number of benzene rings is 3. The molecule has 0 unspecified atom stereocenters. The van der Waals surface area contributed by atoms with Gasteiger partial charge in [0.15, 0.2) is 5.13 Å². The summed E-state index contributed by atoms with van der Waals surface area (Å²) >= 11 is 1.53. The summed E-state index contributed by atoms with van der Waals surface area (Å²) in [5, 5.41) is 5.56. The Balaban J connectivity index is 1.47. The molecule has 1 saturated heterocycles. The molecule has 1 atom stereocenters. The van der Waals surface area contributed by atoms with Crippen LogP contribution in [-0.4, -0.2) is 39.9 Å². The molecule has 0 aliphatic carbocycles. The second kappa shape index (κ2) is 9.68. The molecule has 1 amide bonds. The first-order valence-corrected chi connectivity index (χ1v) is 13.0. The van der Waals surface area contributed by atoms with E-state index in [1.165, 1.54) is 11.3 Å². The summed E-state index contributed by atoms with van der Waals surface area (Å²) in [4.78, 5) is 20.9. The molecule has 0 spiro atoms. The number of aryl methyl sites for hydroxylation is 1. The summed E-state index contributed by atoms with van der Waals surface area (Å²) in [6.45, 7) is 3.24.